The van der Waals surface area contributed by atoms with Crippen molar-refractivity contribution >= 4 is 40.5 Å². The minimum atomic E-state index is -0.371. The van der Waals surface area contributed by atoms with Gasteiger partial charge in [0.25, 0.3) is 5.91 Å². The van der Waals surface area contributed by atoms with E-state index in [1.165, 1.54) is 18.0 Å². The average molecular weight is 325 g/mol. The van der Waals surface area contributed by atoms with Gasteiger partial charge in [0.15, 0.2) is 0 Å². The van der Waals surface area contributed by atoms with Gasteiger partial charge in [0, 0.05) is 12.1 Å². The monoisotopic (exact) mass is 324 g/mol. The Kier molecular flexibility index (Phi) is 4.44. The van der Waals surface area contributed by atoms with Crippen LogP contribution in [0.15, 0.2) is 24.4 Å². The molecule has 0 fully saturated rings. The molecule has 3 N–H and O–H groups in total. The van der Waals surface area contributed by atoms with E-state index < -0.39 is 0 Å². The molecule has 2 rings (SSSR count). The smallest absolute Gasteiger partial charge is 0.260 e. The van der Waals surface area contributed by atoms with Gasteiger partial charge in [-0.05, 0) is 18.2 Å². The quantitative estimate of drug-likeness (QED) is 0.840. The van der Waals surface area contributed by atoms with Crippen molar-refractivity contribution in [3.05, 3.63) is 40.5 Å². The van der Waals surface area contributed by atoms with Crippen LogP contribution in [-0.4, -0.2) is 27.8 Å². The van der Waals surface area contributed by atoms with Gasteiger partial charge in [0.1, 0.15) is 16.6 Å². The summed E-state index contributed by atoms with van der Waals surface area (Å²) < 4.78 is 6.64. The standard InChI is InChI=1S/C13H13ClN4O2S/c1-18-12(9(6-16-18)11(15)21)17-13(19)8-4-3-7(14)5-10(8)20-2/h3-6H,1-2H3,(H2,15,21)(H,17,19). The number of anilines is 1. The second-order valence-corrected chi connectivity index (χ2v) is 5.07. The Morgan fingerprint density at radius 2 is 2.19 bits per heavy atom. The molecule has 0 saturated heterocycles. The van der Waals surface area contributed by atoms with Crippen LogP contribution in [0.3, 0.4) is 0 Å². The van der Waals surface area contributed by atoms with Gasteiger partial charge in [-0.3, -0.25) is 9.48 Å². The van der Waals surface area contributed by atoms with Crippen LogP contribution >= 0.6 is 23.8 Å². The number of rotatable bonds is 4. The van der Waals surface area contributed by atoms with Crippen LogP contribution in [0.4, 0.5) is 5.82 Å². The number of carbonyl (C=O) groups excluding carboxylic acids is 1. The van der Waals surface area contributed by atoms with E-state index in [0.29, 0.717) is 27.7 Å². The zero-order valence-electron chi connectivity index (χ0n) is 11.4. The normalized spacial score (nSPS) is 10.2. The summed E-state index contributed by atoms with van der Waals surface area (Å²) in [5, 5.41) is 7.22. The third-order valence-electron chi connectivity index (χ3n) is 2.84. The van der Waals surface area contributed by atoms with E-state index in [2.05, 4.69) is 10.4 Å². The van der Waals surface area contributed by atoms with Gasteiger partial charge < -0.3 is 15.8 Å². The molecule has 110 valence electrons. The first-order valence-electron chi connectivity index (χ1n) is 5.90. The van der Waals surface area contributed by atoms with Crippen molar-refractivity contribution < 1.29 is 9.53 Å². The van der Waals surface area contributed by atoms with Crippen LogP contribution in [-0.2, 0) is 7.05 Å². The number of thiocarbonyl (C=S) groups is 1. The summed E-state index contributed by atoms with van der Waals surface area (Å²) in [4.78, 5) is 12.5. The molecule has 1 aromatic carbocycles. The Balaban J connectivity index is 2.35. The number of ether oxygens (including phenoxy) is 1. The highest BCUT2D eigenvalue weighted by Crippen LogP contribution is 2.24. The number of hydrogen-bond acceptors (Lipinski definition) is 4. The summed E-state index contributed by atoms with van der Waals surface area (Å²) in [5.74, 6) is 0.424. The van der Waals surface area contributed by atoms with E-state index >= 15 is 0 Å². The zero-order valence-corrected chi connectivity index (χ0v) is 13.0. The lowest BCUT2D eigenvalue weighted by molar-refractivity contribution is 0.102. The minimum Gasteiger partial charge on any atom is -0.496 e. The molecule has 0 bridgehead atoms. The topological polar surface area (TPSA) is 82.2 Å². The van der Waals surface area contributed by atoms with Gasteiger partial charge in [0.05, 0.1) is 24.4 Å². The highest BCUT2D eigenvalue weighted by atomic mass is 35.5. The molecule has 6 nitrogen and oxygen atoms in total. The number of nitrogens with two attached hydrogens (primary N) is 1. The first-order valence-corrected chi connectivity index (χ1v) is 6.69. The number of halogens is 1. The molecule has 1 heterocycles. The maximum Gasteiger partial charge on any atom is 0.260 e. The molecule has 0 aliphatic carbocycles. The molecule has 0 aliphatic rings. The third kappa shape index (κ3) is 3.14. The van der Waals surface area contributed by atoms with Crippen LogP contribution < -0.4 is 15.8 Å². The molecule has 0 saturated carbocycles. The van der Waals surface area contributed by atoms with Gasteiger partial charge >= 0.3 is 0 Å². The number of hydrogen-bond donors (Lipinski definition) is 2. The second-order valence-electron chi connectivity index (χ2n) is 4.19. The van der Waals surface area contributed by atoms with Gasteiger partial charge in [-0.15, -0.1) is 0 Å². The molecular weight excluding hydrogens is 312 g/mol. The van der Waals surface area contributed by atoms with Crippen LogP contribution in [0.1, 0.15) is 15.9 Å². The van der Waals surface area contributed by atoms with Crippen molar-refractivity contribution in [3.8, 4) is 5.75 Å². The molecule has 0 unspecified atom stereocenters. The summed E-state index contributed by atoms with van der Waals surface area (Å²) in [6.45, 7) is 0. The summed E-state index contributed by atoms with van der Waals surface area (Å²) in [6.07, 6.45) is 1.50. The van der Waals surface area contributed by atoms with Crippen molar-refractivity contribution in [1.82, 2.24) is 9.78 Å². The molecule has 2 aromatic rings. The fraction of sp³-hybridized carbons (Fsp3) is 0.154. The lowest BCUT2D eigenvalue weighted by Gasteiger charge is -2.11. The average Bonchev–Trinajstić information content (AvgIpc) is 2.80. The lowest BCUT2D eigenvalue weighted by Crippen LogP contribution is -2.19. The number of nitrogens with one attached hydrogen (secondary N) is 1. The van der Waals surface area contributed by atoms with E-state index in [1.54, 1.807) is 25.2 Å². The van der Waals surface area contributed by atoms with Crippen molar-refractivity contribution in [2.75, 3.05) is 12.4 Å². The molecule has 1 aromatic heterocycles. The highest BCUT2D eigenvalue weighted by molar-refractivity contribution is 7.80. The first kappa shape index (κ1) is 15.3. The molecule has 0 spiro atoms. The molecule has 0 radical (unpaired) electrons. The minimum absolute atomic E-state index is 0.154. The summed E-state index contributed by atoms with van der Waals surface area (Å²) >= 11 is 10.8. The van der Waals surface area contributed by atoms with E-state index in [9.17, 15) is 4.79 Å². The maximum atomic E-state index is 12.4. The van der Waals surface area contributed by atoms with E-state index in [4.69, 9.17) is 34.3 Å². The molecule has 0 atom stereocenters. The van der Waals surface area contributed by atoms with E-state index in [0.717, 1.165) is 0 Å². The predicted molar refractivity (Wildman–Crippen MR) is 85.1 cm³/mol. The highest BCUT2D eigenvalue weighted by Gasteiger charge is 2.18. The van der Waals surface area contributed by atoms with E-state index in [-0.39, 0.29) is 10.9 Å². The maximum absolute atomic E-state index is 12.4. The van der Waals surface area contributed by atoms with Crippen LogP contribution in [0.5, 0.6) is 5.75 Å². The van der Waals surface area contributed by atoms with Gasteiger partial charge in [-0.1, -0.05) is 23.8 Å². The Morgan fingerprint density at radius 3 is 2.81 bits per heavy atom. The molecule has 8 heteroatoms. The fourth-order valence-corrected chi connectivity index (χ4v) is 2.11. The number of carbonyl (C=O) groups is 1. The lowest BCUT2D eigenvalue weighted by atomic mass is 10.2. The predicted octanol–water partition coefficient (Wildman–Crippen LogP) is 1.97. The Morgan fingerprint density at radius 1 is 1.48 bits per heavy atom. The Bertz CT molecular complexity index is 714. The number of benzene rings is 1. The van der Waals surface area contributed by atoms with Crippen LogP contribution in [0.25, 0.3) is 0 Å². The van der Waals surface area contributed by atoms with Crippen LogP contribution in [0.2, 0.25) is 5.02 Å². The molecule has 1 amide bonds. The SMILES string of the molecule is COc1cc(Cl)ccc1C(=O)Nc1c(C(N)=S)cnn1C. The van der Waals surface area contributed by atoms with Gasteiger partial charge in [-0.25, -0.2) is 0 Å². The summed E-state index contributed by atoms with van der Waals surface area (Å²) in [5.41, 5.74) is 6.44. The number of methoxy groups -OCH3 is 1. The molecule has 21 heavy (non-hydrogen) atoms. The van der Waals surface area contributed by atoms with Crippen molar-refractivity contribution in [2.45, 2.75) is 0 Å². The van der Waals surface area contributed by atoms with Gasteiger partial charge in [0.2, 0.25) is 0 Å². The zero-order chi connectivity index (χ0) is 15.6. The number of nitrogens with zero attached hydrogens (tertiary/aromatic N) is 2. The number of amides is 1. The van der Waals surface area contributed by atoms with E-state index in [1.807, 2.05) is 0 Å². The fourth-order valence-electron chi connectivity index (χ4n) is 1.79. The Labute approximate surface area is 131 Å². The molecular formula is C13H13ClN4O2S. The van der Waals surface area contributed by atoms with Crippen molar-refractivity contribution in [1.29, 1.82) is 0 Å². The second kappa shape index (κ2) is 6.11. The number of aryl methyl sites for hydroxylation is 1. The largest absolute Gasteiger partial charge is 0.496 e. The van der Waals surface area contributed by atoms with Crippen molar-refractivity contribution in [2.24, 2.45) is 12.8 Å². The third-order valence-corrected chi connectivity index (χ3v) is 3.30. The van der Waals surface area contributed by atoms with Gasteiger partial charge in [-0.2, -0.15) is 5.10 Å². The Hall–Kier alpha value is -2.12. The van der Waals surface area contributed by atoms with Crippen LogP contribution in [0, 0.1) is 0 Å². The summed E-state index contributed by atoms with van der Waals surface area (Å²) in [7, 11) is 3.14. The van der Waals surface area contributed by atoms with Crippen molar-refractivity contribution in [3.63, 3.8) is 0 Å². The summed E-state index contributed by atoms with van der Waals surface area (Å²) in [6, 6.07) is 4.75. The first-order chi connectivity index (χ1) is 9.93. The molecule has 0 aliphatic heterocycles. The number of aromatic nitrogens is 2.